The van der Waals surface area contributed by atoms with Crippen LogP contribution in [0.1, 0.15) is 13.3 Å². The Morgan fingerprint density at radius 2 is 1.83 bits per heavy atom. The summed E-state index contributed by atoms with van der Waals surface area (Å²) in [5.41, 5.74) is 7.31. The van der Waals surface area contributed by atoms with E-state index in [4.69, 9.17) is 24.5 Å². The van der Waals surface area contributed by atoms with E-state index in [1.165, 1.54) is 10.9 Å². The minimum Gasteiger partial charge on any atom is -0.493 e. The van der Waals surface area contributed by atoms with Gasteiger partial charge in [-0.1, -0.05) is 6.07 Å². The molecule has 0 bridgehead atoms. The summed E-state index contributed by atoms with van der Waals surface area (Å²) in [6, 6.07) is 13.0. The van der Waals surface area contributed by atoms with Crippen LogP contribution >= 0.6 is 0 Å². The number of hydrogen-bond donors (Lipinski definition) is 2. The van der Waals surface area contributed by atoms with Gasteiger partial charge in [-0.25, -0.2) is 0 Å². The number of hydrogen-bond acceptors (Lipinski definition) is 10. The summed E-state index contributed by atoms with van der Waals surface area (Å²) in [6.07, 6.45) is 5.08. The molecule has 3 N–H and O–H groups in total. The number of aryl methyl sites for hydroxylation is 1. The van der Waals surface area contributed by atoms with Gasteiger partial charge in [-0.15, -0.1) is 0 Å². The van der Waals surface area contributed by atoms with Crippen molar-refractivity contribution >= 4 is 26.7 Å². The van der Waals surface area contributed by atoms with Crippen LogP contribution in [0.25, 0.3) is 10.9 Å². The van der Waals surface area contributed by atoms with E-state index in [9.17, 15) is 8.42 Å². The van der Waals surface area contributed by atoms with Gasteiger partial charge in [0, 0.05) is 74.9 Å². The lowest BCUT2D eigenvalue weighted by Gasteiger charge is -2.32. The molecule has 0 unspecified atom stereocenters. The Balaban J connectivity index is 0.000000310. The molecule has 0 atom stereocenters. The predicted octanol–water partition coefficient (Wildman–Crippen LogP) is 3.78. The third-order valence-electron chi connectivity index (χ3n) is 6.78. The number of rotatable bonds is 10. The van der Waals surface area contributed by atoms with Gasteiger partial charge in [0.15, 0.2) is 11.5 Å². The van der Waals surface area contributed by atoms with Gasteiger partial charge in [0.1, 0.15) is 16.4 Å². The van der Waals surface area contributed by atoms with Gasteiger partial charge in [-0.3, -0.25) is 14.2 Å². The number of ether oxygens (including phenoxy) is 3. The van der Waals surface area contributed by atoms with Crippen molar-refractivity contribution in [3.05, 3.63) is 61.1 Å². The Labute approximate surface area is 246 Å². The van der Waals surface area contributed by atoms with Crippen LogP contribution in [0.15, 0.2) is 66.0 Å². The van der Waals surface area contributed by atoms with E-state index >= 15 is 0 Å². The SMILES string of the molecule is CCn1cc(S(=O)(=O)O)cn1.COc1cc2c(Oc3cccc(N)c3)ccnc2cc1OCCCN1CCN(C)CC1. The van der Waals surface area contributed by atoms with Crippen molar-refractivity contribution in [2.45, 2.75) is 24.8 Å². The molecule has 5 rings (SSSR count). The maximum absolute atomic E-state index is 10.5. The van der Waals surface area contributed by atoms with E-state index in [1.807, 2.05) is 43.3 Å². The number of nitrogen functional groups attached to an aromatic ring is 1. The predicted molar refractivity (Wildman–Crippen MR) is 161 cm³/mol. The second-order valence-electron chi connectivity index (χ2n) is 9.86. The number of pyridine rings is 1. The van der Waals surface area contributed by atoms with Crippen LogP contribution in [0, 0.1) is 0 Å². The molecule has 3 heterocycles. The van der Waals surface area contributed by atoms with Crippen LogP contribution < -0.4 is 19.9 Å². The van der Waals surface area contributed by atoms with Gasteiger partial charge < -0.3 is 29.7 Å². The fourth-order valence-corrected chi connectivity index (χ4v) is 4.82. The van der Waals surface area contributed by atoms with Gasteiger partial charge in [0.25, 0.3) is 10.1 Å². The second kappa shape index (κ2) is 14.3. The van der Waals surface area contributed by atoms with Crippen molar-refractivity contribution in [1.82, 2.24) is 24.6 Å². The van der Waals surface area contributed by atoms with Gasteiger partial charge >= 0.3 is 0 Å². The van der Waals surface area contributed by atoms with Crippen molar-refractivity contribution in [2.75, 3.05) is 59.2 Å². The highest BCUT2D eigenvalue weighted by atomic mass is 32.2. The minimum absolute atomic E-state index is 0.167. The zero-order chi connectivity index (χ0) is 30.1. The van der Waals surface area contributed by atoms with Crippen molar-refractivity contribution in [2.24, 2.45) is 0 Å². The maximum atomic E-state index is 10.5. The number of piperazine rings is 1. The van der Waals surface area contributed by atoms with Crippen LogP contribution in [-0.2, 0) is 16.7 Å². The normalized spacial score (nSPS) is 14.3. The van der Waals surface area contributed by atoms with E-state index < -0.39 is 10.1 Å². The minimum atomic E-state index is -4.08. The lowest BCUT2D eigenvalue weighted by molar-refractivity contribution is 0.145. The summed E-state index contributed by atoms with van der Waals surface area (Å²) in [5, 5.41) is 4.53. The number of fused-ring (bicyclic) bond motifs is 1. The zero-order valence-electron chi connectivity index (χ0n) is 24.1. The van der Waals surface area contributed by atoms with Crippen LogP contribution in [0.5, 0.6) is 23.0 Å². The maximum Gasteiger partial charge on any atom is 0.297 e. The van der Waals surface area contributed by atoms with E-state index in [2.05, 4.69) is 26.9 Å². The number of benzene rings is 2. The molecular formula is C29H38N6O6S. The molecule has 2 aromatic heterocycles. The van der Waals surface area contributed by atoms with Crippen LogP contribution in [0.2, 0.25) is 0 Å². The molecule has 1 aliphatic rings. The summed E-state index contributed by atoms with van der Waals surface area (Å²) in [6.45, 7) is 8.57. The molecule has 4 aromatic rings. The summed E-state index contributed by atoms with van der Waals surface area (Å²) in [4.78, 5) is 9.18. The van der Waals surface area contributed by atoms with E-state index in [1.54, 1.807) is 19.4 Å². The molecule has 226 valence electrons. The first kappa shape index (κ1) is 31.0. The number of methoxy groups -OCH3 is 1. The quantitative estimate of drug-likeness (QED) is 0.156. The van der Waals surface area contributed by atoms with Crippen molar-refractivity contribution in [3.8, 4) is 23.0 Å². The smallest absolute Gasteiger partial charge is 0.297 e. The number of anilines is 1. The molecular weight excluding hydrogens is 560 g/mol. The summed E-state index contributed by atoms with van der Waals surface area (Å²) in [5.74, 6) is 2.73. The number of nitrogens with two attached hydrogens (primary N) is 1. The highest BCUT2D eigenvalue weighted by Crippen LogP contribution is 2.37. The highest BCUT2D eigenvalue weighted by molar-refractivity contribution is 7.85. The number of nitrogens with zero attached hydrogens (tertiary/aromatic N) is 5. The number of aromatic nitrogens is 3. The van der Waals surface area contributed by atoms with Crippen LogP contribution in [-0.4, -0.2) is 91.0 Å². The fraction of sp³-hybridized carbons (Fsp3) is 0.379. The van der Waals surface area contributed by atoms with E-state index in [0.29, 0.717) is 41.8 Å². The first-order chi connectivity index (χ1) is 20.2. The summed E-state index contributed by atoms with van der Waals surface area (Å²) < 4.78 is 48.6. The van der Waals surface area contributed by atoms with Gasteiger partial charge in [-0.05, 0) is 44.7 Å². The molecule has 0 radical (unpaired) electrons. The van der Waals surface area contributed by atoms with Gasteiger partial charge in [0.05, 0.1) is 25.4 Å². The first-order valence-electron chi connectivity index (χ1n) is 13.7. The Hall–Kier alpha value is -3.91. The lowest BCUT2D eigenvalue weighted by atomic mass is 10.1. The second-order valence-corrected chi connectivity index (χ2v) is 11.3. The van der Waals surface area contributed by atoms with Crippen molar-refractivity contribution < 1.29 is 27.2 Å². The van der Waals surface area contributed by atoms with Crippen molar-refractivity contribution in [1.29, 1.82) is 0 Å². The average Bonchev–Trinajstić information content (AvgIpc) is 3.47. The summed E-state index contributed by atoms with van der Waals surface area (Å²) in [7, 11) is -0.257. The standard InChI is InChI=1S/C24H30N4O3.C5H8N2O3S/c1-27-10-12-28(13-11-27)9-4-14-30-24-17-21-20(16-23(24)29-2)22(7-8-26-21)31-19-6-3-5-18(25)15-19;1-2-7-4-5(3-6-7)11(8,9)10/h3,5-8,15-17H,4,9-14,25H2,1-2H3;3-4H,2H2,1H3,(H,8,9,10). The molecule has 1 fully saturated rings. The molecule has 0 spiro atoms. The fourth-order valence-electron chi connectivity index (χ4n) is 4.39. The average molecular weight is 599 g/mol. The molecule has 0 amide bonds. The third kappa shape index (κ3) is 8.55. The lowest BCUT2D eigenvalue weighted by Crippen LogP contribution is -2.44. The Morgan fingerprint density at radius 1 is 1.05 bits per heavy atom. The molecule has 42 heavy (non-hydrogen) atoms. The largest absolute Gasteiger partial charge is 0.493 e. The molecule has 13 heteroatoms. The zero-order valence-corrected chi connectivity index (χ0v) is 25.0. The Kier molecular flexibility index (Phi) is 10.6. The van der Waals surface area contributed by atoms with Crippen LogP contribution in [0.3, 0.4) is 0 Å². The van der Waals surface area contributed by atoms with E-state index in [-0.39, 0.29) is 4.90 Å². The topological polar surface area (TPSA) is 145 Å². The Morgan fingerprint density at radius 3 is 2.48 bits per heavy atom. The van der Waals surface area contributed by atoms with E-state index in [0.717, 1.165) is 56.2 Å². The molecule has 12 nitrogen and oxygen atoms in total. The Bertz CT molecular complexity index is 1570. The first-order valence-corrected chi connectivity index (χ1v) is 15.1. The highest BCUT2D eigenvalue weighted by Gasteiger charge is 2.15. The van der Waals surface area contributed by atoms with Gasteiger partial charge in [0.2, 0.25) is 0 Å². The molecule has 1 saturated heterocycles. The van der Waals surface area contributed by atoms with Crippen molar-refractivity contribution in [3.63, 3.8) is 0 Å². The monoisotopic (exact) mass is 598 g/mol. The number of likely N-dealkylation sites (N-methyl/N-ethyl adjacent to an activating group) is 1. The van der Waals surface area contributed by atoms with Crippen LogP contribution in [0.4, 0.5) is 5.69 Å². The third-order valence-corrected chi connectivity index (χ3v) is 7.58. The summed E-state index contributed by atoms with van der Waals surface area (Å²) >= 11 is 0. The molecule has 0 saturated carbocycles. The molecule has 2 aromatic carbocycles. The molecule has 0 aliphatic carbocycles. The molecule has 1 aliphatic heterocycles. The van der Waals surface area contributed by atoms with Gasteiger partial charge in [-0.2, -0.15) is 13.5 Å².